The standard InChI is InChI=1S/C22H27N5O2S2/c1-4-27-20(29)18-19(24-21(31-18)26-11-9-15(3)10-12-26)25-22(27)30-13-17(28)23-16-7-5-14(2)6-8-16/h5-8,15H,4,9-13H2,1-3H3,(H,23,28). The Morgan fingerprint density at radius 1 is 1.23 bits per heavy atom. The van der Waals surface area contributed by atoms with Crippen molar-refractivity contribution in [3.05, 3.63) is 40.2 Å². The van der Waals surface area contributed by atoms with Crippen LogP contribution in [0.15, 0.2) is 34.2 Å². The molecule has 1 fully saturated rings. The number of thioether (sulfide) groups is 1. The van der Waals surface area contributed by atoms with Crippen molar-refractivity contribution < 1.29 is 4.79 Å². The van der Waals surface area contributed by atoms with Gasteiger partial charge in [-0.2, -0.15) is 4.98 Å². The van der Waals surface area contributed by atoms with Gasteiger partial charge in [-0.05, 0) is 44.7 Å². The predicted molar refractivity (Wildman–Crippen MR) is 128 cm³/mol. The van der Waals surface area contributed by atoms with Gasteiger partial charge >= 0.3 is 0 Å². The van der Waals surface area contributed by atoms with Crippen LogP contribution in [0.3, 0.4) is 0 Å². The summed E-state index contributed by atoms with van der Waals surface area (Å²) >= 11 is 2.69. The third-order valence-electron chi connectivity index (χ3n) is 5.51. The lowest BCUT2D eigenvalue weighted by Gasteiger charge is -2.29. The summed E-state index contributed by atoms with van der Waals surface area (Å²) in [5.41, 5.74) is 2.30. The summed E-state index contributed by atoms with van der Waals surface area (Å²) in [5, 5.41) is 4.28. The fourth-order valence-electron chi connectivity index (χ4n) is 3.56. The topological polar surface area (TPSA) is 80.1 Å². The summed E-state index contributed by atoms with van der Waals surface area (Å²) in [6.45, 7) is 8.61. The quantitative estimate of drug-likeness (QED) is 0.442. The molecule has 1 amide bonds. The van der Waals surface area contributed by atoms with Gasteiger partial charge in [0.05, 0.1) is 5.75 Å². The molecule has 1 saturated heterocycles. The second-order valence-corrected chi connectivity index (χ2v) is 9.89. The van der Waals surface area contributed by atoms with Crippen LogP contribution >= 0.6 is 23.1 Å². The number of thiazole rings is 1. The Balaban J connectivity index is 1.52. The Morgan fingerprint density at radius 3 is 2.61 bits per heavy atom. The highest BCUT2D eigenvalue weighted by Gasteiger charge is 2.22. The zero-order chi connectivity index (χ0) is 22.0. The zero-order valence-corrected chi connectivity index (χ0v) is 19.7. The highest BCUT2D eigenvalue weighted by Crippen LogP contribution is 2.30. The van der Waals surface area contributed by atoms with Crippen molar-refractivity contribution in [2.75, 3.05) is 29.1 Å². The number of nitrogens with one attached hydrogen (secondary N) is 1. The molecule has 164 valence electrons. The molecule has 0 radical (unpaired) electrons. The van der Waals surface area contributed by atoms with E-state index in [9.17, 15) is 9.59 Å². The molecule has 3 heterocycles. The number of hydrogen-bond donors (Lipinski definition) is 1. The number of anilines is 2. The minimum Gasteiger partial charge on any atom is -0.348 e. The molecular weight excluding hydrogens is 430 g/mol. The van der Waals surface area contributed by atoms with Gasteiger partial charge in [-0.3, -0.25) is 14.2 Å². The number of hydrogen-bond acceptors (Lipinski definition) is 7. The first kappa shape index (κ1) is 21.8. The first-order valence-electron chi connectivity index (χ1n) is 10.6. The molecule has 9 heteroatoms. The van der Waals surface area contributed by atoms with Gasteiger partial charge < -0.3 is 10.2 Å². The van der Waals surface area contributed by atoms with E-state index in [4.69, 9.17) is 0 Å². The molecule has 1 aliphatic rings. The van der Waals surface area contributed by atoms with Crippen LogP contribution in [0, 0.1) is 12.8 Å². The smallest absolute Gasteiger partial charge is 0.273 e. The number of rotatable bonds is 6. The third kappa shape index (κ3) is 4.93. The summed E-state index contributed by atoms with van der Waals surface area (Å²) in [5.74, 6) is 0.773. The Bertz CT molecular complexity index is 1130. The van der Waals surface area contributed by atoms with Crippen molar-refractivity contribution in [1.82, 2.24) is 14.5 Å². The Morgan fingerprint density at radius 2 is 1.94 bits per heavy atom. The van der Waals surface area contributed by atoms with E-state index in [0.717, 1.165) is 48.2 Å². The number of carbonyl (C=O) groups excluding carboxylic acids is 1. The molecule has 31 heavy (non-hydrogen) atoms. The molecule has 3 aromatic rings. The predicted octanol–water partition coefficient (Wildman–Crippen LogP) is 4.15. The lowest BCUT2D eigenvalue weighted by molar-refractivity contribution is -0.113. The summed E-state index contributed by atoms with van der Waals surface area (Å²) in [6, 6.07) is 7.66. The van der Waals surface area contributed by atoms with E-state index < -0.39 is 0 Å². The van der Waals surface area contributed by atoms with Gasteiger partial charge in [-0.1, -0.05) is 47.7 Å². The maximum atomic E-state index is 13.1. The van der Waals surface area contributed by atoms with Crippen molar-refractivity contribution >= 4 is 50.2 Å². The average molecular weight is 458 g/mol. The molecular formula is C22H27N5O2S2. The Labute approximate surface area is 189 Å². The summed E-state index contributed by atoms with van der Waals surface area (Å²) in [7, 11) is 0. The molecule has 0 aliphatic carbocycles. The first-order chi connectivity index (χ1) is 14.9. The second kappa shape index (κ2) is 9.40. The van der Waals surface area contributed by atoms with Crippen LogP contribution in [0.5, 0.6) is 0 Å². The fraction of sp³-hybridized carbons (Fsp3) is 0.455. The number of nitrogens with zero attached hydrogens (tertiary/aromatic N) is 4. The van der Waals surface area contributed by atoms with Gasteiger partial charge in [0, 0.05) is 25.3 Å². The van der Waals surface area contributed by atoms with E-state index in [1.165, 1.54) is 23.1 Å². The van der Waals surface area contributed by atoms with Crippen molar-refractivity contribution in [3.8, 4) is 0 Å². The monoisotopic (exact) mass is 457 g/mol. The van der Waals surface area contributed by atoms with Crippen LogP contribution in [0.1, 0.15) is 32.3 Å². The number of amides is 1. The minimum absolute atomic E-state index is 0.0805. The normalized spacial score (nSPS) is 14.9. The fourth-order valence-corrected chi connectivity index (χ4v) is 5.42. The van der Waals surface area contributed by atoms with Gasteiger partial charge in [-0.25, -0.2) is 4.98 Å². The minimum atomic E-state index is -0.132. The van der Waals surface area contributed by atoms with E-state index in [-0.39, 0.29) is 17.2 Å². The number of benzene rings is 1. The molecule has 7 nitrogen and oxygen atoms in total. The zero-order valence-electron chi connectivity index (χ0n) is 18.1. The molecule has 4 rings (SSSR count). The maximum Gasteiger partial charge on any atom is 0.273 e. The van der Waals surface area contributed by atoms with Gasteiger partial charge in [0.25, 0.3) is 5.56 Å². The van der Waals surface area contributed by atoms with Gasteiger partial charge in [-0.15, -0.1) is 0 Å². The maximum absolute atomic E-state index is 13.1. The van der Waals surface area contributed by atoms with Gasteiger partial charge in [0.1, 0.15) is 4.70 Å². The SMILES string of the molecule is CCn1c(SCC(=O)Nc2ccc(C)cc2)nc2nc(N3CCC(C)CC3)sc2c1=O. The number of carbonyl (C=O) groups is 1. The third-order valence-corrected chi connectivity index (χ3v) is 7.58. The number of aromatic nitrogens is 3. The first-order valence-corrected chi connectivity index (χ1v) is 12.4. The van der Waals surface area contributed by atoms with Crippen molar-refractivity contribution in [3.63, 3.8) is 0 Å². The van der Waals surface area contributed by atoms with Crippen LogP contribution in [0.2, 0.25) is 0 Å². The van der Waals surface area contributed by atoms with Crippen LogP contribution in [0.25, 0.3) is 10.3 Å². The lowest BCUT2D eigenvalue weighted by atomic mass is 10.00. The van der Waals surface area contributed by atoms with Crippen LogP contribution in [-0.2, 0) is 11.3 Å². The average Bonchev–Trinajstić information content (AvgIpc) is 3.19. The second-order valence-electron chi connectivity index (χ2n) is 7.97. The van der Waals surface area contributed by atoms with E-state index in [2.05, 4.69) is 27.1 Å². The van der Waals surface area contributed by atoms with Crippen molar-refractivity contribution in [2.24, 2.45) is 5.92 Å². The van der Waals surface area contributed by atoms with Gasteiger partial charge in [0.2, 0.25) is 5.91 Å². The Hall–Kier alpha value is -2.39. The molecule has 0 bridgehead atoms. The number of piperidine rings is 1. The molecule has 0 atom stereocenters. The molecule has 1 N–H and O–H groups in total. The largest absolute Gasteiger partial charge is 0.348 e. The van der Waals surface area contributed by atoms with E-state index >= 15 is 0 Å². The van der Waals surface area contributed by atoms with Crippen LogP contribution in [0.4, 0.5) is 10.8 Å². The highest BCUT2D eigenvalue weighted by atomic mass is 32.2. The molecule has 1 aliphatic heterocycles. The number of fused-ring (bicyclic) bond motifs is 1. The summed E-state index contributed by atoms with van der Waals surface area (Å²) in [6.07, 6.45) is 2.28. The van der Waals surface area contributed by atoms with Crippen molar-refractivity contribution in [2.45, 2.75) is 45.3 Å². The molecule has 2 aromatic heterocycles. The lowest BCUT2D eigenvalue weighted by Crippen LogP contribution is -2.32. The summed E-state index contributed by atoms with van der Waals surface area (Å²) in [4.78, 5) is 37.0. The van der Waals surface area contributed by atoms with E-state index in [1.54, 1.807) is 4.57 Å². The van der Waals surface area contributed by atoms with E-state index in [1.807, 2.05) is 38.1 Å². The molecule has 0 saturated carbocycles. The number of aryl methyl sites for hydroxylation is 1. The molecule has 1 aromatic carbocycles. The Kier molecular flexibility index (Phi) is 6.62. The highest BCUT2D eigenvalue weighted by molar-refractivity contribution is 7.99. The summed E-state index contributed by atoms with van der Waals surface area (Å²) < 4.78 is 2.22. The van der Waals surface area contributed by atoms with Crippen LogP contribution in [-0.4, -0.2) is 39.3 Å². The van der Waals surface area contributed by atoms with Gasteiger partial charge in [0.15, 0.2) is 15.9 Å². The molecule has 0 spiro atoms. The van der Waals surface area contributed by atoms with E-state index in [0.29, 0.717) is 22.0 Å². The van der Waals surface area contributed by atoms with Crippen molar-refractivity contribution in [1.29, 1.82) is 0 Å². The van der Waals surface area contributed by atoms with Crippen LogP contribution < -0.4 is 15.8 Å². The molecule has 0 unspecified atom stereocenters.